The summed E-state index contributed by atoms with van der Waals surface area (Å²) in [4.78, 5) is 28.2. The monoisotopic (exact) mass is 265 g/mol. The van der Waals surface area contributed by atoms with Gasteiger partial charge in [0.25, 0.3) is 5.56 Å². The Kier molecular flexibility index (Phi) is 5.30. The van der Waals surface area contributed by atoms with Gasteiger partial charge in [-0.05, 0) is 46.4 Å². The van der Waals surface area contributed by atoms with Gasteiger partial charge in [-0.2, -0.15) is 0 Å². The van der Waals surface area contributed by atoms with E-state index < -0.39 is 0 Å². The fourth-order valence-electron chi connectivity index (χ4n) is 1.75. The van der Waals surface area contributed by atoms with Gasteiger partial charge in [-0.15, -0.1) is 0 Å². The van der Waals surface area contributed by atoms with Crippen LogP contribution in [0.2, 0.25) is 0 Å². The minimum absolute atomic E-state index is 0.0735. The third kappa shape index (κ3) is 4.52. The Hall–Kier alpha value is -1.62. The van der Waals surface area contributed by atoms with Crippen molar-refractivity contribution in [2.24, 2.45) is 0 Å². The molecule has 0 radical (unpaired) electrons. The molecule has 0 saturated carbocycles. The first-order chi connectivity index (χ1) is 8.81. The number of nitrogens with zero attached hydrogens (tertiary/aromatic N) is 1. The van der Waals surface area contributed by atoms with Gasteiger partial charge in [-0.25, -0.2) is 0 Å². The predicted octanol–water partition coefficient (Wildman–Crippen LogP) is 0.948. The van der Waals surface area contributed by atoms with Gasteiger partial charge in [-0.3, -0.25) is 14.5 Å². The quantitative estimate of drug-likeness (QED) is 0.833. The summed E-state index contributed by atoms with van der Waals surface area (Å²) in [6, 6.07) is 2.22. The first-order valence-electron chi connectivity index (χ1n) is 6.47. The van der Waals surface area contributed by atoms with E-state index in [1.807, 2.05) is 45.7 Å². The number of carbonyl (C=O) groups is 1. The molecule has 0 aromatic carbocycles. The number of carbonyl (C=O) groups excluding carboxylic acids is 1. The first-order valence-corrected chi connectivity index (χ1v) is 6.47. The van der Waals surface area contributed by atoms with E-state index in [0.29, 0.717) is 18.2 Å². The molecule has 0 aliphatic rings. The highest BCUT2D eigenvalue weighted by Crippen LogP contribution is 2.03. The average Bonchev–Trinajstić information content (AvgIpc) is 2.27. The van der Waals surface area contributed by atoms with Crippen molar-refractivity contribution < 1.29 is 4.79 Å². The molecule has 0 saturated heterocycles. The Balaban J connectivity index is 2.63. The maximum Gasteiger partial charge on any atom is 0.253 e. The molecule has 5 heteroatoms. The highest BCUT2D eigenvalue weighted by Gasteiger charge is 2.11. The molecule has 0 aliphatic carbocycles. The van der Waals surface area contributed by atoms with Crippen molar-refractivity contribution in [3.63, 3.8) is 0 Å². The van der Waals surface area contributed by atoms with E-state index >= 15 is 0 Å². The maximum atomic E-state index is 11.8. The molecule has 0 aliphatic heterocycles. The van der Waals surface area contributed by atoms with Crippen LogP contribution in [0.5, 0.6) is 0 Å². The van der Waals surface area contributed by atoms with Crippen molar-refractivity contribution in [3.8, 4) is 0 Å². The molecule has 0 spiro atoms. The summed E-state index contributed by atoms with van der Waals surface area (Å²) in [6.45, 7) is 8.38. The lowest BCUT2D eigenvalue weighted by Crippen LogP contribution is -2.38. The van der Waals surface area contributed by atoms with Crippen molar-refractivity contribution in [1.82, 2.24) is 15.2 Å². The summed E-state index contributed by atoms with van der Waals surface area (Å²) in [6.07, 6.45) is 0. The van der Waals surface area contributed by atoms with Crippen molar-refractivity contribution in [2.75, 3.05) is 13.6 Å². The molecular weight excluding hydrogens is 242 g/mol. The summed E-state index contributed by atoms with van der Waals surface area (Å²) < 4.78 is 0. The second-order valence-electron chi connectivity index (χ2n) is 5.23. The maximum absolute atomic E-state index is 11.8. The van der Waals surface area contributed by atoms with Crippen LogP contribution in [0.25, 0.3) is 0 Å². The molecule has 1 aromatic heterocycles. The Bertz CT molecular complexity index is 506. The summed E-state index contributed by atoms with van der Waals surface area (Å²) >= 11 is 0. The van der Waals surface area contributed by atoms with Crippen molar-refractivity contribution >= 4 is 5.91 Å². The molecule has 0 unspecified atom stereocenters. The number of H-pyrrole nitrogens is 1. The van der Waals surface area contributed by atoms with Crippen LogP contribution in [-0.2, 0) is 11.3 Å². The summed E-state index contributed by atoms with van der Waals surface area (Å²) in [5.74, 6) is -0.0735. The van der Waals surface area contributed by atoms with Crippen LogP contribution in [-0.4, -0.2) is 35.4 Å². The zero-order valence-corrected chi connectivity index (χ0v) is 12.3. The molecule has 1 aromatic rings. The second-order valence-corrected chi connectivity index (χ2v) is 5.23. The minimum atomic E-state index is -0.130. The van der Waals surface area contributed by atoms with Crippen LogP contribution < -0.4 is 10.9 Å². The van der Waals surface area contributed by atoms with Crippen LogP contribution >= 0.6 is 0 Å². The molecule has 19 heavy (non-hydrogen) atoms. The Morgan fingerprint density at radius 2 is 2.05 bits per heavy atom. The van der Waals surface area contributed by atoms with Crippen LogP contribution in [0.4, 0.5) is 0 Å². The van der Waals surface area contributed by atoms with Crippen LogP contribution in [0.1, 0.15) is 30.7 Å². The largest absolute Gasteiger partial charge is 0.351 e. The zero-order valence-electron chi connectivity index (χ0n) is 12.3. The van der Waals surface area contributed by atoms with E-state index in [4.69, 9.17) is 0 Å². The fraction of sp³-hybridized carbons (Fsp3) is 0.571. The average molecular weight is 265 g/mol. The fourth-order valence-corrected chi connectivity index (χ4v) is 1.75. The SMILES string of the molecule is Cc1cc(C)c(CNC(=O)CN(C)C(C)C)c(=O)[nH]1. The summed E-state index contributed by atoms with van der Waals surface area (Å²) in [7, 11) is 1.90. The lowest BCUT2D eigenvalue weighted by Gasteiger charge is -2.20. The molecule has 1 heterocycles. The molecule has 0 atom stereocenters. The number of pyridine rings is 1. The van der Waals surface area contributed by atoms with Crippen LogP contribution in [0.3, 0.4) is 0 Å². The molecular formula is C14H23N3O2. The molecule has 1 rings (SSSR count). The van der Waals surface area contributed by atoms with Gasteiger partial charge in [0.15, 0.2) is 0 Å². The highest BCUT2D eigenvalue weighted by atomic mass is 16.2. The Morgan fingerprint density at radius 1 is 1.42 bits per heavy atom. The number of amides is 1. The van der Waals surface area contributed by atoms with E-state index in [9.17, 15) is 9.59 Å². The molecule has 0 bridgehead atoms. The van der Waals surface area contributed by atoms with Gasteiger partial charge in [0.1, 0.15) is 0 Å². The number of aromatic amines is 1. The second kappa shape index (κ2) is 6.52. The van der Waals surface area contributed by atoms with E-state index in [1.165, 1.54) is 0 Å². The first kappa shape index (κ1) is 15.4. The van der Waals surface area contributed by atoms with Crippen molar-refractivity contribution in [3.05, 3.63) is 33.2 Å². The number of likely N-dealkylation sites (N-methyl/N-ethyl adjacent to an activating group) is 1. The molecule has 5 nitrogen and oxygen atoms in total. The minimum Gasteiger partial charge on any atom is -0.351 e. The topological polar surface area (TPSA) is 65.2 Å². The number of aryl methyl sites for hydroxylation is 2. The smallest absolute Gasteiger partial charge is 0.253 e. The van der Waals surface area contributed by atoms with E-state index in [0.717, 1.165) is 11.3 Å². The van der Waals surface area contributed by atoms with Gasteiger partial charge >= 0.3 is 0 Å². The van der Waals surface area contributed by atoms with E-state index in [1.54, 1.807) is 0 Å². The number of hydrogen-bond donors (Lipinski definition) is 2. The molecule has 106 valence electrons. The van der Waals surface area contributed by atoms with Gasteiger partial charge in [0.2, 0.25) is 5.91 Å². The number of nitrogens with one attached hydrogen (secondary N) is 2. The third-order valence-corrected chi connectivity index (χ3v) is 3.23. The number of hydrogen-bond acceptors (Lipinski definition) is 3. The Morgan fingerprint density at radius 3 is 2.58 bits per heavy atom. The zero-order chi connectivity index (χ0) is 14.6. The Labute approximate surface area is 114 Å². The van der Waals surface area contributed by atoms with Gasteiger partial charge < -0.3 is 10.3 Å². The van der Waals surface area contributed by atoms with Crippen LogP contribution in [0, 0.1) is 13.8 Å². The molecule has 2 N–H and O–H groups in total. The normalized spacial score (nSPS) is 11.1. The van der Waals surface area contributed by atoms with E-state index in [2.05, 4.69) is 10.3 Å². The van der Waals surface area contributed by atoms with E-state index in [-0.39, 0.29) is 18.0 Å². The summed E-state index contributed by atoms with van der Waals surface area (Å²) in [5, 5.41) is 2.79. The molecule has 0 fully saturated rings. The van der Waals surface area contributed by atoms with Crippen molar-refractivity contribution in [1.29, 1.82) is 0 Å². The number of rotatable bonds is 5. The molecule has 1 amide bonds. The lowest BCUT2D eigenvalue weighted by atomic mass is 10.1. The standard InChI is InChI=1S/C14H23N3O2/c1-9(2)17(5)8-13(18)15-7-12-10(3)6-11(4)16-14(12)19/h6,9H,7-8H2,1-5H3,(H,15,18)(H,16,19). The third-order valence-electron chi connectivity index (χ3n) is 3.23. The summed E-state index contributed by atoms with van der Waals surface area (Å²) in [5.41, 5.74) is 2.22. The van der Waals surface area contributed by atoms with Gasteiger partial charge in [0.05, 0.1) is 6.54 Å². The van der Waals surface area contributed by atoms with Crippen LogP contribution in [0.15, 0.2) is 10.9 Å². The highest BCUT2D eigenvalue weighted by molar-refractivity contribution is 5.78. The number of aromatic nitrogens is 1. The predicted molar refractivity (Wildman–Crippen MR) is 76.1 cm³/mol. The van der Waals surface area contributed by atoms with Crippen molar-refractivity contribution in [2.45, 2.75) is 40.3 Å². The van der Waals surface area contributed by atoms with Gasteiger partial charge in [0, 0.05) is 23.8 Å². The van der Waals surface area contributed by atoms with Gasteiger partial charge in [-0.1, -0.05) is 0 Å². The lowest BCUT2D eigenvalue weighted by molar-refractivity contribution is -0.122.